The Morgan fingerprint density at radius 1 is 0.328 bits per heavy atom. The summed E-state index contributed by atoms with van der Waals surface area (Å²) in [7, 11) is 0. The fourth-order valence-electron chi connectivity index (χ4n) is 9.79. The molecule has 2 aromatic heterocycles. The van der Waals surface area contributed by atoms with Gasteiger partial charge in [-0.2, -0.15) is 0 Å². The lowest BCUT2D eigenvalue weighted by Crippen LogP contribution is -2.14. The normalized spacial score (nSPS) is 12.7. The van der Waals surface area contributed by atoms with Crippen molar-refractivity contribution in [2.45, 2.75) is 19.3 Å². The lowest BCUT2D eigenvalue weighted by atomic mass is 9.81. The van der Waals surface area contributed by atoms with Crippen LogP contribution in [0.5, 0.6) is 0 Å². The first-order valence-electron chi connectivity index (χ1n) is 21.8. The monoisotopic (exact) mass is 819 g/mol. The van der Waals surface area contributed by atoms with Crippen molar-refractivity contribution in [2.24, 2.45) is 0 Å². The van der Waals surface area contributed by atoms with Crippen LogP contribution in [0.2, 0.25) is 0 Å². The SMILES string of the molecule is CC1(C)c2ccccc2-c2cc(-c3cc(-c4ccccc4)cc(-c4cccc(-c5nc(-c6ccccc6)nc(-c6cccc7c6oc6ccccc67)n5)c4)c3-c3ccccc3)ccc21. The number of nitrogens with zero attached hydrogens (tertiary/aromatic N) is 3. The van der Waals surface area contributed by atoms with Gasteiger partial charge in [0, 0.05) is 27.3 Å². The van der Waals surface area contributed by atoms with Crippen molar-refractivity contribution in [1.82, 2.24) is 15.0 Å². The molecule has 11 aromatic rings. The van der Waals surface area contributed by atoms with Crippen LogP contribution >= 0.6 is 0 Å². The van der Waals surface area contributed by atoms with Crippen LogP contribution in [-0.4, -0.2) is 15.0 Å². The van der Waals surface area contributed by atoms with E-state index in [9.17, 15) is 0 Å². The van der Waals surface area contributed by atoms with Crippen LogP contribution in [0, 0.1) is 0 Å². The molecule has 1 aliphatic rings. The zero-order valence-corrected chi connectivity index (χ0v) is 35.5. The third-order valence-corrected chi connectivity index (χ3v) is 12.9. The molecule has 0 amide bonds. The highest BCUT2D eigenvalue weighted by Crippen LogP contribution is 2.51. The molecule has 0 saturated carbocycles. The number of para-hydroxylation sites is 2. The maximum absolute atomic E-state index is 6.51. The number of hydrogen-bond donors (Lipinski definition) is 0. The van der Waals surface area contributed by atoms with Crippen LogP contribution in [-0.2, 0) is 5.41 Å². The van der Waals surface area contributed by atoms with Crippen LogP contribution in [0.1, 0.15) is 25.0 Å². The zero-order valence-electron chi connectivity index (χ0n) is 35.5. The Labute approximate surface area is 372 Å². The Morgan fingerprint density at radius 2 is 0.844 bits per heavy atom. The molecule has 0 unspecified atom stereocenters. The Bertz CT molecular complexity index is 3570. The lowest BCUT2D eigenvalue weighted by Gasteiger charge is -2.22. The largest absolute Gasteiger partial charge is 0.455 e. The molecule has 64 heavy (non-hydrogen) atoms. The summed E-state index contributed by atoms with van der Waals surface area (Å²) in [4.78, 5) is 15.5. The molecule has 0 bridgehead atoms. The van der Waals surface area contributed by atoms with Crippen LogP contribution in [0.15, 0.2) is 217 Å². The van der Waals surface area contributed by atoms with Gasteiger partial charge in [0.25, 0.3) is 0 Å². The molecule has 0 radical (unpaired) electrons. The van der Waals surface area contributed by atoms with Crippen molar-refractivity contribution in [3.8, 4) is 89.8 Å². The Hall–Kier alpha value is -8.21. The summed E-state index contributed by atoms with van der Waals surface area (Å²) in [6, 6.07) is 75.3. The minimum Gasteiger partial charge on any atom is -0.455 e. The summed E-state index contributed by atoms with van der Waals surface area (Å²) >= 11 is 0. The second kappa shape index (κ2) is 15.0. The van der Waals surface area contributed by atoms with E-state index in [1.54, 1.807) is 0 Å². The van der Waals surface area contributed by atoms with Crippen molar-refractivity contribution in [3.05, 3.63) is 223 Å². The van der Waals surface area contributed by atoms with Crippen molar-refractivity contribution < 1.29 is 4.42 Å². The van der Waals surface area contributed by atoms with E-state index in [1.807, 2.05) is 54.6 Å². The van der Waals surface area contributed by atoms with Crippen molar-refractivity contribution in [1.29, 1.82) is 0 Å². The smallest absolute Gasteiger partial charge is 0.167 e. The molecule has 12 rings (SSSR count). The minimum atomic E-state index is -0.0853. The van der Waals surface area contributed by atoms with E-state index in [0.717, 1.165) is 66.4 Å². The predicted molar refractivity (Wildman–Crippen MR) is 263 cm³/mol. The van der Waals surface area contributed by atoms with Gasteiger partial charge in [0.2, 0.25) is 0 Å². The van der Waals surface area contributed by atoms with Crippen molar-refractivity contribution >= 4 is 21.9 Å². The molecule has 2 heterocycles. The second-order valence-electron chi connectivity index (χ2n) is 17.1. The molecule has 0 spiro atoms. The molecule has 4 nitrogen and oxygen atoms in total. The van der Waals surface area contributed by atoms with Crippen molar-refractivity contribution in [3.63, 3.8) is 0 Å². The quantitative estimate of drug-likeness (QED) is 0.161. The Kier molecular flexibility index (Phi) is 8.80. The van der Waals surface area contributed by atoms with Crippen LogP contribution < -0.4 is 0 Å². The summed E-state index contributed by atoms with van der Waals surface area (Å²) in [6.07, 6.45) is 0. The first kappa shape index (κ1) is 37.5. The Morgan fingerprint density at radius 3 is 1.61 bits per heavy atom. The van der Waals surface area contributed by atoms with Crippen LogP contribution in [0.3, 0.4) is 0 Å². The van der Waals surface area contributed by atoms with E-state index in [-0.39, 0.29) is 5.41 Å². The van der Waals surface area contributed by atoms with Gasteiger partial charge in [-0.15, -0.1) is 0 Å². The van der Waals surface area contributed by atoms with E-state index < -0.39 is 0 Å². The molecule has 0 saturated heterocycles. The average Bonchev–Trinajstić information content (AvgIpc) is 3.86. The van der Waals surface area contributed by atoms with Gasteiger partial charge in [0.15, 0.2) is 17.5 Å². The first-order chi connectivity index (χ1) is 31.5. The predicted octanol–water partition coefficient (Wildman–Crippen LogP) is 15.7. The Balaban J connectivity index is 1.08. The van der Waals surface area contributed by atoms with Crippen LogP contribution in [0.25, 0.3) is 112 Å². The van der Waals surface area contributed by atoms with Gasteiger partial charge < -0.3 is 4.42 Å². The highest BCUT2D eigenvalue weighted by molar-refractivity contribution is 6.09. The lowest BCUT2D eigenvalue weighted by molar-refractivity contribution is 0.660. The summed E-state index contributed by atoms with van der Waals surface area (Å²) in [5.41, 5.74) is 18.6. The third-order valence-electron chi connectivity index (χ3n) is 12.9. The van der Waals surface area contributed by atoms with E-state index in [0.29, 0.717) is 17.5 Å². The van der Waals surface area contributed by atoms with Gasteiger partial charge in [-0.1, -0.05) is 190 Å². The highest BCUT2D eigenvalue weighted by Gasteiger charge is 2.35. The van der Waals surface area contributed by atoms with E-state index in [4.69, 9.17) is 19.4 Å². The average molecular weight is 820 g/mol. The molecular formula is C60H41N3O. The van der Waals surface area contributed by atoms with Crippen molar-refractivity contribution in [2.75, 3.05) is 0 Å². The minimum absolute atomic E-state index is 0.0853. The topological polar surface area (TPSA) is 51.8 Å². The van der Waals surface area contributed by atoms with E-state index in [2.05, 4.69) is 172 Å². The summed E-state index contributed by atoms with van der Waals surface area (Å²) < 4.78 is 6.51. The maximum atomic E-state index is 6.51. The molecule has 9 aromatic carbocycles. The van der Waals surface area contributed by atoms with Crippen LogP contribution in [0.4, 0.5) is 0 Å². The van der Waals surface area contributed by atoms with Gasteiger partial charge in [0.1, 0.15) is 11.2 Å². The number of hydrogen-bond acceptors (Lipinski definition) is 4. The van der Waals surface area contributed by atoms with E-state index >= 15 is 0 Å². The first-order valence-corrected chi connectivity index (χ1v) is 21.8. The fraction of sp³-hybridized carbons (Fsp3) is 0.0500. The number of benzene rings is 9. The van der Waals surface area contributed by atoms with Gasteiger partial charge >= 0.3 is 0 Å². The highest BCUT2D eigenvalue weighted by atomic mass is 16.3. The number of rotatable bonds is 7. The third kappa shape index (κ3) is 6.26. The fourth-order valence-corrected chi connectivity index (χ4v) is 9.79. The second-order valence-corrected chi connectivity index (χ2v) is 17.1. The van der Waals surface area contributed by atoms with E-state index in [1.165, 1.54) is 38.9 Å². The molecule has 0 aliphatic heterocycles. The van der Waals surface area contributed by atoms with Gasteiger partial charge in [-0.3, -0.25) is 0 Å². The molecule has 1 aliphatic carbocycles. The molecule has 0 N–H and O–H groups in total. The molecular weight excluding hydrogens is 779 g/mol. The summed E-state index contributed by atoms with van der Waals surface area (Å²) in [5, 5.41) is 2.08. The molecule has 0 fully saturated rings. The summed E-state index contributed by atoms with van der Waals surface area (Å²) in [5.74, 6) is 1.73. The molecule has 302 valence electrons. The standard InChI is InChI=1S/C60H41N3O/c1-60(2)52-30-14-12-26-45(52)51-35-42(32-33-53(51)60)50-37-44(38-18-6-3-7-19-38)36-49(55(50)39-20-8-4-9-21-39)41-24-16-25-43(34-41)58-61-57(40-22-10-5-11-23-40)62-59(63-58)48-29-17-28-47-46-27-13-15-31-54(46)64-56(47)48/h3-37H,1-2H3. The molecule has 0 atom stereocenters. The zero-order chi connectivity index (χ0) is 42.8. The number of aromatic nitrogens is 3. The van der Waals surface area contributed by atoms with Gasteiger partial charge in [-0.25, -0.2) is 15.0 Å². The number of furan rings is 1. The van der Waals surface area contributed by atoms with Gasteiger partial charge in [-0.05, 0) is 103 Å². The molecule has 4 heteroatoms. The summed E-state index contributed by atoms with van der Waals surface area (Å²) in [6.45, 7) is 4.68. The number of fused-ring (bicyclic) bond motifs is 6. The maximum Gasteiger partial charge on any atom is 0.167 e. The van der Waals surface area contributed by atoms with Gasteiger partial charge in [0.05, 0.1) is 5.56 Å².